The predicted octanol–water partition coefficient (Wildman–Crippen LogP) is 0.691. The van der Waals surface area contributed by atoms with Gasteiger partial charge in [-0.05, 0) is 26.0 Å². The first kappa shape index (κ1) is 14.1. The Kier molecular flexibility index (Phi) is 3.69. The van der Waals surface area contributed by atoms with Gasteiger partial charge in [0.1, 0.15) is 43.2 Å². The van der Waals surface area contributed by atoms with Gasteiger partial charge in [0.2, 0.25) is 0 Å². The molecule has 0 aliphatic carbocycles. The average Bonchev–Trinajstić information content (AvgIpc) is 2.36. The number of phenols is 1. The van der Waals surface area contributed by atoms with Gasteiger partial charge in [0.25, 0.3) is 0 Å². The zero-order valence-electron chi connectivity index (χ0n) is 12.3. The highest BCUT2D eigenvalue weighted by Gasteiger charge is 2.26. The van der Waals surface area contributed by atoms with Gasteiger partial charge < -0.3 is 19.2 Å². The van der Waals surface area contributed by atoms with E-state index in [0.717, 1.165) is 30.6 Å². The molecule has 1 saturated heterocycles. The van der Waals surface area contributed by atoms with Crippen LogP contribution in [0.1, 0.15) is 19.4 Å². The van der Waals surface area contributed by atoms with Crippen molar-refractivity contribution in [1.82, 2.24) is 0 Å². The molecule has 5 heteroatoms. The molecule has 1 aromatic heterocycles. The summed E-state index contributed by atoms with van der Waals surface area (Å²) in [5.41, 5.74) is 1.01. The van der Waals surface area contributed by atoms with E-state index in [1.54, 1.807) is 18.2 Å². The number of phenolic OH excluding ortho intramolecular Hbond substituents is 1. The van der Waals surface area contributed by atoms with Gasteiger partial charge >= 0.3 is 5.63 Å². The summed E-state index contributed by atoms with van der Waals surface area (Å²) >= 11 is 0. The maximum Gasteiger partial charge on any atom is 0.336 e. The Hall–Kier alpha value is -1.85. The number of morpholine rings is 1. The molecule has 1 aliphatic heterocycles. The van der Waals surface area contributed by atoms with Gasteiger partial charge in [-0.15, -0.1) is 0 Å². The molecular weight excluding hydrogens is 270 g/mol. The van der Waals surface area contributed by atoms with Crippen molar-refractivity contribution in [3.8, 4) is 5.75 Å². The molecule has 112 valence electrons. The van der Waals surface area contributed by atoms with Crippen molar-refractivity contribution < 1.29 is 19.2 Å². The van der Waals surface area contributed by atoms with Crippen molar-refractivity contribution in [2.75, 3.05) is 13.1 Å². The lowest BCUT2D eigenvalue weighted by Gasteiger charge is -2.32. The third-order valence-corrected chi connectivity index (χ3v) is 3.87. The molecule has 0 unspecified atom stereocenters. The third-order valence-electron chi connectivity index (χ3n) is 3.87. The van der Waals surface area contributed by atoms with E-state index < -0.39 is 0 Å². The maximum absolute atomic E-state index is 11.7. The van der Waals surface area contributed by atoms with Crippen molar-refractivity contribution in [3.63, 3.8) is 0 Å². The fourth-order valence-electron chi connectivity index (χ4n) is 3.17. The molecule has 0 spiro atoms. The number of hydrogen-bond donors (Lipinski definition) is 2. The zero-order chi connectivity index (χ0) is 15.0. The number of quaternary nitrogens is 1. The second kappa shape index (κ2) is 5.50. The van der Waals surface area contributed by atoms with Gasteiger partial charge in [-0.2, -0.15) is 0 Å². The molecule has 0 amide bonds. The van der Waals surface area contributed by atoms with Gasteiger partial charge in [0, 0.05) is 23.1 Å². The molecule has 3 rings (SSSR count). The number of rotatable bonds is 2. The lowest BCUT2D eigenvalue weighted by Crippen LogP contribution is -3.14. The minimum atomic E-state index is -0.378. The molecule has 0 bridgehead atoms. The minimum Gasteiger partial charge on any atom is -0.508 e. The fraction of sp³-hybridized carbons (Fsp3) is 0.438. The quantitative estimate of drug-likeness (QED) is 0.799. The Morgan fingerprint density at radius 3 is 2.67 bits per heavy atom. The normalized spacial score (nSPS) is 26.1. The summed E-state index contributed by atoms with van der Waals surface area (Å²) in [6, 6.07) is 6.46. The fourth-order valence-corrected chi connectivity index (χ4v) is 3.17. The van der Waals surface area contributed by atoms with Crippen LogP contribution < -0.4 is 10.5 Å². The molecule has 2 aromatic rings. The van der Waals surface area contributed by atoms with Crippen LogP contribution in [0.4, 0.5) is 0 Å². The van der Waals surface area contributed by atoms with Gasteiger partial charge in [0.05, 0.1) is 0 Å². The molecule has 1 fully saturated rings. The first-order chi connectivity index (χ1) is 10.0. The first-order valence-corrected chi connectivity index (χ1v) is 7.26. The molecule has 1 aromatic carbocycles. The Balaban J connectivity index is 1.95. The second-order valence-electron chi connectivity index (χ2n) is 5.86. The monoisotopic (exact) mass is 290 g/mol. The van der Waals surface area contributed by atoms with Crippen LogP contribution in [0.5, 0.6) is 5.75 Å². The van der Waals surface area contributed by atoms with E-state index in [9.17, 15) is 9.90 Å². The topological polar surface area (TPSA) is 64.1 Å². The summed E-state index contributed by atoms with van der Waals surface area (Å²) in [4.78, 5) is 13.1. The van der Waals surface area contributed by atoms with Crippen LogP contribution in [0, 0.1) is 0 Å². The van der Waals surface area contributed by atoms with E-state index in [4.69, 9.17) is 9.15 Å². The first-order valence-electron chi connectivity index (χ1n) is 7.26. The maximum atomic E-state index is 11.7. The molecule has 5 nitrogen and oxygen atoms in total. The minimum absolute atomic E-state index is 0.101. The molecule has 2 atom stereocenters. The van der Waals surface area contributed by atoms with Crippen LogP contribution in [-0.2, 0) is 11.3 Å². The smallest absolute Gasteiger partial charge is 0.336 e. The highest BCUT2D eigenvalue weighted by atomic mass is 16.5. The van der Waals surface area contributed by atoms with E-state index in [0.29, 0.717) is 5.58 Å². The Morgan fingerprint density at radius 2 is 1.95 bits per heavy atom. The summed E-state index contributed by atoms with van der Waals surface area (Å²) in [7, 11) is 0. The van der Waals surface area contributed by atoms with Crippen molar-refractivity contribution >= 4 is 11.0 Å². The van der Waals surface area contributed by atoms with Crippen LogP contribution in [-0.4, -0.2) is 30.4 Å². The van der Waals surface area contributed by atoms with Crippen LogP contribution >= 0.6 is 0 Å². The molecule has 21 heavy (non-hydrogen) atoms. The van der Waals surface area contributed by atoms with Crippen molar-refractivity contribution in [1.29, 1.82) is 0 Å². The average molecular weight is 290 g/mol. The lowest BCUT2D eigenvalue weighted by atomic mass is 10.1. The van der Waals surface area contributed by atoms with E-state index in [1.165, 1.54) is 11.0 Å². The standard InChI is InChI=1S/C16H19NO4/c1-10-7-17(8-11(2)20-10)9-12-5-16(19)21-15-6-13(18)3-4-14(12)15/h3-6,10-11,18H,7-9H2,1-2H3/p+1/t10-,11-/m1/s1. The summed E-state index contributed by atoms with van der Waals surface area (Å²) in [6.45, 7) is 6.75. The molecule has 2 heterocycles. The summed E-state index contributed by atoms with van der Waals surface area (Å²) in [5.74, 6) is 0.101. The molecular formula is C16H20NO4+. The summed E-state index contributed by atoms with van der Waals surface area (Å²) in [5, 5.41) is 10.4. The summed E-state index contributed by atoms with van der Waals surface area (Å²) in [6.07, 6.45) is 0.443. The molecule has 0 saturated carbocycles. The largest absolute Gasteiger partial charge is 0.508 e. The number of nitrogens with one attached hydrogen (secondary N) is 1. The number of aromatic hydroxyl groups is 1. The molecule has 2 N–H and O–H groups in total. The van der Waals surface area contributed by atoms with E-state index in [2.05, 4.69) is 13.8 Å². The Morgan fingerprint density at radius 1 is 1.24 bits per heavy atom. The zero-order valence-corrected chi connectivity index (χ0v) is 12.3. The molecule has 1 aliphatic rings. The number of hydrogen-bond acceptors (Lipinski definition) is 4. The van der Waals surface area contributed by atoms with Crippen LogP contribution in [0.2, 0.25) is 0 Å². The van der Waals surface area contributed by atoms with Crippen LogP contribution in [0.15, 0.2) is 33.5 Å². The highest BCUT2D eigenvalue weighted by molar-refractivity contribution is 5.81. The number of ether oxygens (including phenoxy) is 1. The van der Waals surface area contributed by atoms with E-state index in [1.807, 2.05) is 0 Å². The van der Waals surface area contributed by atoms with Crippen molar-refractivity contribution in [2.24, 2.45) is 0 Å². The van der Waals surface area contributed by atoms with Crippen molar-refractivity contribution in [2.45, 2.75) is 32.6 Å². The Labute approximate surface area is 122 Å². The number of benzene rings is 1. The van der Waals surface area contributed by atoms with Crippen molar-refractivity contribution in [3.05, 3.63) is 40.2 Å². The predicted molar refractivity (Wildman–Crippen MR) is 78.6 cm³/mol. The van der Waals surface area contributed by atoms with Crippen LogP contribution in [0.3, 0.4) is 0 Å². The van der Waals surface area contributed by atoms with Gasteiger partial charge in [-0.1, -0.05) is 0 Å². The number of fused-ring (bicyclic) bond motifs is 1. The van der Waals surface area contributed by atoms with Gasteiger partial charge in [-0.25, -0.2) is 4.79 Å². The summed E-state index contributed by atoms with van der Waals surface area (Å²) < 4.78 is 10.9. The van der Waals surface area contributed by atoms with Crippen LogP contribution in [0.25, 0.3) is 11.0 Å². The molecule has 0 radical (unpaired) electrons. The highest BCUT2D eigenvalue weighted by Crippen LogP contribution is 2.21. The Bertz CT molecular complexity index is 699. The van der Waals surface area contributed by atoms with E-state index >= 15 is 0 Å². The van der Waals surface area contributed by atoms with E-state index in [-0.39, 0.29) is 23.6 Å². The second-order valence-corrected chi connectivity index (χ2v) is 5.86. The third kappa shape index (κ3) is 3.09. The van der Waals surface area contributed by atoms with Gasteiger partial charge in [-0.3, -0.25) is 0 Å². The lowest BCUT2D eigenvalue weighted by molar-refractivity contribution is -0.928. The SMILES string of the molecule is C[C@@H]1C[NH+](Cc2cc(=O)oc3cc(O)ccc23)C[C@@H](C)O1. The van der Waals surface area contributed by atoms with Gasteiger partial charge in [0.15, 0.2) is 0 Å².